The van der Waals surface area contributed by atoms with Gasteiger partial charge in [-0.15, -0.1) is 11.3 Å². The van der Waals surface area contributed by atoms with E-state index in [4.69, 9.17) is 11.6 Å². The lowest BCUT2D eigenvalue weighted by Gasteiger charge is -2.52. The Morgan fingerprint density at radius 3 is 2.68 bits per heavy atom. The zero-order valence-corrected chi connectivity index (χ0v) is 15.0. The summed E-state index contributed by atoms with van der Waals surface area (Å²) in [5.41, 5.74) is 1.59. The molecular formula is C15H17ClN2O2S2. The number of sulfonamides is 1. The summed E-state index contributed by atoms with van der Waals surface area (Å²) in [7, 11) is -3.53. The summed E-state index contributed by atoms with van der Waals surface area (Å²) in [6, 6.07) is 5.20. The Morgan fingerprint density at radius 2 is 2.18 bits per heavy atom. The molecule has 0 aliphatic carbocycles. The molecule has 0 aromatic carbocycles. The number of aryl methyl sites for hydroxylation is 1. The largest absolute Gasteiger partial charge is 0.264 e. The van der Waals surface area contributed by atoms with Crippen LogP contribution in [0.15, 0.2) is 34.8 Å². The van der Waals surface area contributed by atoms with Crippen molar-refractivity contribution in [2.45, 2.75) is 31.0 Å². The van der Waals surface area contributed by atoms with Crippen LogP contribution in [0.1, 0.15) is 31.0 Å². The van der Waals surface area contributed by atoms with Crippen LogP contribution in [0.5, 0.6) is 0 Å². The fraction of sp³-hybridized carbons (Fsp3) is 0.400. The summed E-state index contributed by atoms with van der Waals surface area (Å²) in [5, 5.41) is 0. The lowest BCUT2D eigenvalue weighted by atomic mass is 9.74. The highest BCUT2D eigenvalue weighted by Crippen LogP contribution is 2.51. The molecule has 0 spiro atoms. The van der Waals surface area contributed by atoms with Crippen molar-refractivity contribution in [3.8, 4) is 0 Å². The summed E-state index contributed by atoms with van der Waals surface area (Å²) >= 11 is 7.15. The van der Waals surface area contributed by atoms with Crippen LogP contribution in [0.2, 0.25) is 4.34 Å². The third-order valence-electron chi connectivity index (χ3n) is 3.99. The predicted octanol–water partition coefficient (Wildman–Crippen LogP) is 3.88. The first kappa shape index (κ1) is 15.9. The van der Waals surface area contributed by atoms with Crippen LogP contribution < -0.4 is 0 Å². The number of pyridine rings is 1. The van der Waals surface area contributed by atoms with Crippen molar-refractivity contribution < 1.29 is 8.42 Å². The van der Waals surface area contributed by atoms with E-state index in [1.165, 1.54) is 0 Å². The van der Waals surface area contributed by atoms with E-state index >= 15 is 0 Å². The van der Waals surface area contributed by atoms with Crippen molar-refractivity contribution in [2.24, 2.45) is 5.41 Å². The molecule has 4 nitrogen and oxygen atoms in total. The average molecular weight is 357 g/mol. The van der Waals surface area contributed by atoms with Gasteiger partial charge in [-0.05, 0) is 35.6 Å². The normalized spacial score (nSPS) is 21.5. The second-order valence-corrected chi connectivity index (χ2v) is 10.0. The molecule has 1 saturated heterocycles. The summed E-state index contributed by atoms with van der Waals surface area (Å²) in [5.74, 6) is 0. The van der Waals surface area contributed by atoms with Crippen LogP contribution in [0.25, 0.3) is 0 Å². The van der Waals surface area contributed by atoms with Crippen LogP contribution in [-0.2, 0) is 10.0 Å². The third-order valence-corrected chi connectivity index (χ3v) is 7.80. The maximum Gasteiger partial charge on any atom is 0.253 e. The van der Waals surface area contributed by atoms with Gasteiger partial charge in [0, 0.05) is 18.9 Å². The quantitative estimate of drug-likeness (QED) is 0.838. The molecular weight excluding hydrogens is 340 g/mol. The summed E-state index contributed by atoms with van der Waals surface area (Å²) < 4.78 is 28.2. The van der Waals surface area contributed by atoms with Gasteiger partial charge < -0.3 is 0 Å². The molecule has 1 unspecified atom stereocenters. The van der Waals surface area contributed by atoms with Gasteiger partial charge in [0.05, 0.1) is 10.4 Å². The lowest BCUT2D eigenvalue weighted by Crippen LogP contribution is -2.57. The molecule has 1 fully saturated rings. The summed E-state index contributed by atoms with van der Waals surface area (Å²) in [6.07, 6.45) is 3.43. The van der Waals surface area contributed by atoms with E-state index in [0.29, 0.717) is 15.1 Å². The van der Waals surface area contributed by atoms with Crippen molar-refractivity contribution in [1.29, 1.82) is 0 Å². The van der Waals surface area contributed by atoms with Crippen LogP contribution >= 0.6 is 22.9 Å². The SMILES string of the molecule is Cc1cc(S(=O)(=O)N2CC(C)(C)C2c2cccnc2)sc1Cl. The van der Waals surface area contributed by atoms with E-state index in [9.17, 15) is 8.42 Å². The van der Waals surface area contributed by atoms with Crippen molar-refractivity contribution in [3.05, 3.63) is 46.1 Å². The van der Waals surface area contributed by atoms with Gasteiger partial charge in [-0.3, -0.25) is 4.98 Å². The Kier molecular flexibility index (Phi) is 3.84. The van der Waals surface area contributed by atoms with Gasteiger partial charge in [0.2, 0.25) is 0 Å². The minimum atomic E-state index is -3.53. The van der Waals surface area contributed by atoms with E-state index in [2.05, 4.69) is 18.8 Å². The second-order valence-electron chi connectivity index (χ2n) is 6.25. The van der Waals surface area contributed by atoms with Crippen molar-refractivity contribution in [2.75, 3.05) is 6.54 Å². The molecule has 0 amide bonds. The third kappa shape index (κ3) is 2.48. The Bertz CT molecular complexity index is 781. The van der Waals surface area contributed by atoms with Crippen molar-refractivity contribution in [1.82, 2.24) is 9.29 Å². The van der Waals surface area contributed by atoms with Gasteiger partial charge in [-0.2, -0.15) is 4.31 Å². The zero-order valence-electron chi connectivity index (χ0n) is 12.6. The first-order valence-corrected chi connectivity index (χ1v) is 9.54. The molecule has 0 N–H and O–H groups in total. The van der Waals surface area contributed by atoms with Crippen LogP contribution in [0.3, 0.4) is 0 Å². The van der Waals surface area contributed by atoms with E-state index in [-0.39, 0.29) is 11.5 Å². The number of rotatable bonds is 3. The molecule has 2 aromatic rings. The highest BCUT2D eigenvalue weighted by atomic mass is 35.5. The monoisotopic (exact) mass is 356 g/mol. The Labute approximate surface area is 139 Å². The Morgan fingerprint density at radius 1 is 1.45 bits per heavy atom. The number of hydrogen-bond acceptors (Lipinski definition) is 4. The predicted molar refractivity (Wildman–Crippen MR) is 88.7 cm³/mol. The van der Waals surface area contributed by atoms with Crippen molar-refractivity contribution in [3.63, 3.8) is 0 Å². The number of thiophene rings is 1. The molecule has 1 aliphatic rings. The van der Waals surface area contributed by atoms with Crippen LogP contribution in [0, 0.1) is 12.3 Å². The lowest BCUT2D eigenvalue weighted by molar-refractivity contribution is 0.0197. The van der Waals surface area contributed by atoms with Gasteiger partial charge in [0.1, 0.15) is 4.21 Å². The van der Waals surface area contributed by atoms with Gasteiger partial charge in [0.25, 0.3) is 10.0 Å². The fourth-order valence-electron chi connectivity index (χ4n) is 2.91. The van der Waals surface area contributed by atoms with E-state index in [1.807, 2.05) is 19.1 Å². The standard InChI is InChI=1S/C15H17ClN2O2S2/c1-10-7-12(21-14(10)16)22(19,20)18-9-15(2,3)13(18)11-5-4-6-17-8-11/h4-8,13H,9H2,1-3H3. The molecule has 1 atom stereocenters. The van der Waals surface area contributed by atoms with Gasteiger partial charge in [-0.1, -0.05) is 31.5 Å². The van der Waals surface area contributed by atoms with Gasteiger partial charge >= 0.3 is 0 Å². The maximum absolute atomic E-state index is 12.9. The number of halogens is 1. The Hall–Kier alpha value is -0.950. The molecule has 0 radical (unpaired) electrons. The van der Waals surface area contributed by atoms with Gasteiger partial charge in [0.15, 0.2) is 0 Å². The highest BCUT2D eigenvalue weighted by molar-refractivity contribution is 7.91. The molecule has 0 bridgehead atoms. The topological polar surface area (TPSA) is 50.3 Å². The molecule has 22 heavy (non-hydrogen) atoms. The van der Waals surface area contributed by atoms with Crippen LogP contribution in [0.4, 0.5) is 0 Å². The number of nitrogens with zero attached hydrogens (tertiary/aromatic N) is 2. The molecule has 118 valence electrons. The summed E-state index contributed by atoms with van der Waals surface area (Å²) in [6.45, 7) is 6.45. The summed E-state index contributed by atoms with van der Waals surface area (Å²) in [4.78, 5) is 4.12. The van der Waals surface area contributed by atoms with Crippen LogP contribution in [-0.4, -0.2) is 24.3 Å². The van der Waals surface area contributed by atoms with Crippen molar-refractivity contribution >= 4 is 33.0 Å². The molecule has 7 heteroatoms. The van der Waals surface area contributed by atoms with Gasteiger partial charge in [-0.25, -0.2) is 8.42 Å². The molecule has 0 saturated carbocycles. The van der Waals surface area contributed by atoms with E-state index in [0.717, 1.165) is 22.5 Å². The molecule has 3 rings (SSSR count). The smallest absolute Gasteiger partial charge is 0.253 e. The van der Waals surface area contributed by atoms with E-state index < -0.39 is 10.0 Å². The second kappa shape index (κ2) is 5.30. The zero-order chi connectivity index (χ0) is 16.1. The fourth-order valence-corrected chi connectivity index (χ4v) is 6.69. The molecule has 3 heterocycles. The molecule has 1 aliphatic heterocycles. The first-order chi connectivity index (χ1) is 10.2. The minimum Gasteiger partial charge on any atom is -0.264 e. The maximum atomic E-state index is 12.9. The minimum absolute atomic E-state index is 0.119. The number of aromatic nitrogens is 1. The van der Waals surface area contributed by atoms with E-state index in [1.54, 1.807) is 22.8 Å². The molecule has 2 aromatic heterocycles. The Balaban J connectivity index is 2.01. The number of hydrogen-bond donors (Lipinski definition) is 0. The first-order valence-electron chi connectivity index (χ1n) is 6.91. The average Bonchev–Trinajstić information content (AvgIpc) is 2.78. The highest BCUT2D eigenvalue weighted by Gasteiger charge is 2.52.